The van der Waals surface area contributed by atoms with Gasteiger partial charge in [-0.15, -0.1) is 0 Å². The second-order valence-electron chi connectivity index (χ2n) is 7.99. The van der Waals surface area contributed by atoms with E-state index in [4.69, 9.17) is 4.74 Å². The van der Waals surface area contributed by atoms with Crippen LogP contribution in [0.15, 0.2) is 36.4 Å². The Balaban J connectivity index is 1.59. The van der Waals surface area contributed by atoms with Crippen LogP contribution in [0.2, 0.25) is 0 Å². The number of amides is 3. The number of imide groups is 1. The van der Waals surface area contributed by atoms with E-state index in [0.29, 0.717) is 31.5 Å². The molecule has 0 aromatic heterocycles. The minimum absolute atomic E-state index is 0.207. The Morgan fingerprint density at radius 3 is 2.27 bits per heavy atom. The number of aliphatic carboxylic acids is 1. The summed E-state index contributed by atoms with van der Waals surface area (Å²) in [6.07, 6.45) is 0.819. The number of rotatable bonds is 4. The summed E-state index contributed by atoms with van der Waals surface area (Å²) in [6, 6.07) is 10.2. The van der Waals surface area contributed by atoms with Gasteiger partial charge in [-0.05, 0) is 47.4 Å². The van der Waals surface area contributed by atoms with Crippen molar-refractivity contribution in [3.8, 4) is 5.75 Å². The van der Waals surface area contributed by atoms with Gasteiger partial charge < -0.3 is 14.7 Å². The van der Waals surface area contributed by atoms with E-state index in [-0.39, 0.29) is 11.9 Å². The maximum Gasteiger partial charge on any atom is 0.327 e. The quantitative estimate of drug-likeness (QED) is 0.777. The molecule has 2 aliphatic heterocycles. The molecule has 1 N–H and O–H groups in total. The van der Waals surface area contributed by atoms with Gasteiger partial charge >= 0.3 is 12.0 Å². The van der Waals surface area contributed by atoms with Gasteiger partial charge in [0.15, 0.2) is 0 Å². The van der Waals surface area contributed by atoms with Gasteiger partial charge in [0.2, 0.25) is 0 Å². The highest BCUT2D eigenvalue weighted by molar-refractivity contribution is 6.06. The Bertz CT molecular complexity index is 1030. The molecule has 2 aliphatic rings. The fourth-order valence-electron chi connectivity index (χ4n) is 4.70. The van der Waals surface area contributed by atoms with Gasteiger partial charge in [-0.2, -0.15) is 0 Å². The molecule has 2 aromatic rings. The Labute approximate surface area is 174 Å². The Hall–Kier alpha value is -3.13. The highest BCUT2D eigenvalue weighted by Gasteiger charge is 2.55. The van der Waals surface area contributed by atoms with E-state index in [1.165, 1.54) is 11.9 Å². The first-order valence-electron chi connectivity index (χ1n) is 9.89. The smallest absolute Gasteiger partial charge is 0.327 e. The van der Waals surface area contributed by atoms with Gasteiger partial charge in [0.05, 0.1) is 7.11 Å². The Kier molecular flexibility index (Phi) is 4.89. The number of carboxylic acid groups (broad SMARTS) is 1. The van der Waals surface area contributed by atoms with Gasteiger partial charge in [0.25, 0.3) is 5.91 Å². The average molecular weight is 411 g/mol. The zero-order valence-corrected chi connectivity index (χ0v) is 17.3. The first kappa shape index (κ1) is 20.2. The molecule has 8 heteroatoms. The summed E-state index contributed by atoms with van der Waals surface area (Å²) in [6.45, 7) is 0.823. The van der Waals surface area contributed by atoms with Crippen molar-refractivity contribution >= 4 is 28.7 Å². The summed E-state index contributed by atoms with van der Waals surface area (Å²) in [7, 11) is 4.75. The lowest BCUT2D eigenvalue weighted by Crippen LogP contribution is -2.56. The van der Waals surface area contributed by atoms with E-state index in [1.807, 2.05) is 41.3 Å². The molecule has 1 spiro atoms. The normalized spacial score (nSPS) is 20.2. The van der Waals surface area contributed by atoms with Crippen LogP contribution in [0.3, 0.4) is 0 Å². The van der Waals surface area contributed by atoms with Crippen molar-refractivity contribution in [2.45, 2.75) is 24.4 Å². The molecule has 0 aliphatic carbocycles. The SMILES string of the molecule is COc1ccc2cc(C(C(=O)O)N3CCC4(CC3)C(=O)N(C)C(=O)N4C)ccc2c1. The summed E-state index contributed by atoms with van der Waals surface area (Å²) in [5.41, 5.74) is -0.180. The lowest BCUT2D eigenvalue weighted by Gasteiger charge is -2.42. The van der Waals surface area contributed by atoms with Crippen LogP contribution in [0, 0.1) is 0 Å². The Morgan fingerprint density at radius 2 is 1.70 bits per heavy atom. The number of carbonyl (C=O) groups excluding carboxylic acids is 2. The summed E-state index contributed by atoms with van der Waals surface area (Å²) < 4.78 is 5.25. The fourth-order valence-corrected chi connectivity index (χ4v) is 4.70. The molecule has 30 heavy (non-hydrogen) atoms. The number of likely N-dealkylation sites (N-methyl/N-ethyl adjacent to an activating group) is 2. The third-order valence-electron chi connectivity index (χ3n) is 6.53. The number of carboxylic acids is 1. The molecule has 2 saturated heterocycles. The predicted octanol–water partition coefficient (Wildman–Crippen LogP) is 2.33. The second-order valence-corrected chi connectivity index (χ2v) is 7.99. The number of hydrogen-bond donors (Lipinski definition) is 1. The number of piperidine rings is 1. The molecule has 2 heterocycles. The van der Waals surface area contributed by atoms with Crippen molar-refractivity contribution in [1.82, 2.24) is 14.7 Å². The summed E-state index contributed by atoms with van der Waals surface area (Å²) in [4.78, 5) is 41.6. The van der Waals surface area contributed by atoms with Crippen LogP contribution in [0.1, 0.15) is 24.4 Å². The van der Waals surface area contributed by atoms with E-state index in [2.05, 4.69) is 0 Å². The fraction of sp³-hybridized carbons (Fsp3) is 0.409. The second kappa shape index (κ2) is 7.28. The number of urea groups is 1. The molecular weight excluding hydrogens is 386 g/mol. The topological polar surface area (TPSA) is 90.4 Å². The largest absolute Gasteiger partial charge is 0.497 e. The molecule has 3 amide bonds. The molecule has 2 fully saturated rings. The van der Waals surface area contributed by atoms with Crippen molar-refractivity contribution in [3.63, 3.8) is 0 Å². The number of ether oxygens (including phenoxy) is 1. The van der Waals surface area contributed by atoms with Crippen molar-refractivity contribution in [1.29, 1.82) is 0 Å². The molecule has 2 aromatic carbocycles. The first-order valence-corrected chi connectivity index (χ1v) is 9.89. The van der Waals surface area contributed by atoms with Crippen LogP contribution in [0.25, 0.3) is 10.8 Å². The third-order valence-corrected chi connectivity index (χ3v) is 6.53. The van der Waals surface area contributed by atoms with Crippen LogP contribution in [-0.2, 0) is 9.59 Å². The molecule has 8 nitrogen and oxygen atoms in total. The van der Waals surface area contributed by atoms with E-state index in [9.17, 15) is 19.5 Å². The highest BCUT2D eigenvalue weighted by atomic mass is 16.5. The van der Waals surface area contributed by atoms with E-state index < -0.39 is 17.6 Å². The molecule has 0 bridgehead atoms. The lowest BCUT2D eigenvalue weighted by molar-refractivity contribution is -0.145. The van der Waals surface area contributed by atoms with Crippen molar-refractivity contribution in [3.05, 3.63) is 42.0 Å². The van der Waals surface area contributed by atoms with Crippen molar-refractivity contribution in [2.75, 3.05) is 34.3 Å². The third kappa shape index (κ3) is 2.99. The average Bonchev–Trinajstić information content (AvgIpc) is 2.90. The van der Waals surface area contributed by atoms with Crippen LogP contribution in [-0.4, -0.2) is 77.5 Å². The minimum Gasteiger partial charge on any atom is -0.497 e. The number of likely N-dealkylation sites (tertiary alicyclic amines) is 1. The number of benzene rings is 2. The zero-order valence-electron chi connectivity index (χ0n) is 17.3. The number of carbonyl (C=O) groups is 3. The van der Waals surface area contributed by atoms with Crippen molar-refractivity contribution in [2.24, 2.45) is 0 Å². The highest BCUT2D eigenvalue weighted by Crippen LogP contribution is 2.38. The lowest BCUT2D eigenvalue weighted by atomic mass is 9.85. The van der Waals surface area contributed by atoms with Crippen molar-refractivity contribution < 1.29 is 24.2 Å². The zero-order chi connectivity index (χ0) is 21.6. The van der Waals surface area contributed by atoms with Crippen LogP contribution < -0.4 is 4.74 Å². The predicted molar refractivity (Wildman–Crippen MR) is 110 cm³/mol. The van der Waals surface area contributed by atoms with Gasteiger partial charge in [-0.3, -0.25) is 19.4 Å². The van der Waals surface area contributed by atoms with E-state index in [0.717, 1.165) is 21.4 Å². The van der Waals surface area contributed by atoms with Gasteiger partial charge in [0, 0.05) is 27.2 Å². The summed E-state index contributed by atoms with van der Waals surface area (Å²) in [5.74, 6) is -0.393. The molecule has 1 atom stereocenters. The maximum atomic E-state index is 12.7. The van der Waals surface area contributed by atoms with E-state index in [1.54, 1.807) is 14.2 Å². The molecule has 0 radical (unpaired) electrons. The van der Waals surface area contributed by atoms with Crippen LogP contribution in [0.4, 0.5) is 4.79 Å². The van der Waals surface area contributed by atoms with Crippen LogP contribution >= 0.6 is 0 Å². The molecule has 1 unspecified atom stereocenters. The summed E-state index contributed by atoms with van der Waals surface area (Å²) >= 11 is 0. The summed E-state index contributed by atoms with van der Waals surface area (Å²) in [5, 5.41) is 11.9. The number of methoxy groups -OCH3 is 1. The number of fused-ring (bicyclic) bond motifs is 1. The maximum absolute atomic E-state index is 12.7. The number of nitrogens with zero attached hydrogens (tertiary/aromatic N) is 3. The molecule has 0 saturated carbocycles. The Morgan fingerprint density at radius 1 is 1.07 bits per heavy atom. The van der Waals surface area contributed by atoms with Crippen LogP contribution in [0.5, 0.6) is 5.75 Å². The van der Waals surface area contributed by atoms with E-state index >= 15 is 0 Å². The van der Waals surface area contributed by atoms with Gasteiger partial charge in [0.1, 0.15) is 17.3 Å². The standard InChI is InChI=1S/C22H25N3O5/c1-23-20(28)22(24(2)21(23)29)8-10-25(11-9-22)18(19(26)27)16-5-4-15-13-17(30-3)7-6-14(15)12-16/h4-7,12-13,18H,8-11H2,1-3H3,(H,26,27). The number of hydrogen-bond acceptors (Lipinski definition) is 5. The molecular formula is C22H25N3O5. The first-order chi connectivity index (χ1) is 14.3. The molecule has 158 valence electrons. The monoisotopic (exact) mass is 411 g/mol. The minimum atomic E-state index is -0.932. The van der Waals surface area contributed by atoms with Gasteiger partial charge in [-0.25, -0.2) is 4.79 Å². The van der Waals surface area contributed by atoms with Gasteiger partial charge in [-0.1, -0.05) is 18.2 Å². The molecule has 4 rings (SSSR count).